The molecule has 0 amide bonds. The van der Waals surface area contributed by atoms with Gasteiger partial charge in [0.1, 0.15) is 0 Å². The Balaban J connectivity index is 3.66. The summed E-state index contributed by atoms with van der Waals surface area (Å²) in [7, 11) is -2.89. The Kier molecular flexibility index (Phi) is 7.83. The fourth-order valence-electron chi connectivity index (χ4n) is 1.82. The van der Waals surface area contributed by atoms with Crippen LogP contribution in [0.25, 0.3) is 0 Å². The molecule has 5 heteroatoms. The van der Waals surface area contributed by atoms with Crippen LogP contribution >= 0.6 is 0 Å². The number of hydrogen-bond acceptors (Lipinski definition) is 3. The number of hydrogen-bond donors (Lipinski definition) is 1. The molecule has 17 heavy (non-hydrogen) atoms. The van der Waals surface area contributed by atoms with Gasteiger partial charge in [-0.05, 0) is 45.2 Å². The molecule has 0 fully saturated rings. The van der Waals surface area contributed by atoms with Crippen LogP contribution in [-0.4, -0.2) is 41.6 Å². The molecule has 0 aromatic heterocycles. The lowest BCUT2D eigenvalue weighted by molar-refractivity contribution is 0.0800. The first kappa shape index (κ1) is 17.3. The molecule has 0 rings (SSSR count). The van der Waals surface area contributed by atoms with Gasteiger partial charge >= 0.3 is 0 Å². The largest absolute Gasteiger partial charge is 0.456 e. The Labute approximate surface area is 109 Å². The molecule has 0 aromatic carbocycles. The third-order valence-corrected chi connectivity index (χ3v) is 8.58. The predicted octanol–water partition coefficient (Wildman–Crippen LogP) is 3.08. The molecule has 0 saturated carbocycles. The number of aliphatic hydroxyl groups is 1. The minimum absolute atomic E-state index is 0.207. The van der Waals surface area contributed by atoms with Gasteiger partial charge in [-0.3, -0.25) is 0 Å². The number of ether oxygens (including phenoxy) is 1. The van der Waals surface area contributed by atoms with E-state index in [0.717, 1.165) is 19.1 Å². The van der Waals surface area contributed by atoms with E-state index in [1.807, 2.05) is 6.92 Å². The summed E-state index contributed by atoms with van der Waals surface area (Å²) >= 11 is 0. The van der Waals surface area contributed by atoms with Gasteiger partial charge in [0.25, 0.3) is 0 Å². The van der Waals surface area contributed by atoms with Crippen LogP contribution in [0.3, 0.4) is 0 Å². The molecule has 3 nitrogen and oxygen atoms in total. The van der Waals surface area contributed by atoms with Crippen LogP contribution in [0.15, 0.2) is 0 Å². The highest BCUT2D eigenvalue weighted by Crippen LogP contribution is 2.19. The molecular weight excluding hydrogens is 248 g/mol. The van der Waals surface area contributed by atoms with E-state index in [2.05, 4.69) is 32.7 Å². The van der Waals surface area contributed by atoms with E-state index in [0.29, 0.717) is 6.61 Å². The molecule has 0 aliphatic rings. The minimum Gasteiger partial charge on any atom is -0.456 e. The van der Waals surface area contributed by atoms with Gasteiger partial charge in [0.2, 0.25) is 0 Å². The molecule has 0 aliphatic heterocycles. The van der Waals surface area contributed by atoms with Gasteiger partial charge in [0, 0.05) is 19.1 Å². The standard InChI is InChI=1S/C12H30O3Si2/c1-12(10-13)11-14-8-7-9-17(5,6)15-16(2,3)4/h12-13H,7-11H2,1-6H3. The molecule has 1 atom stereocenters. The smallest absolute Gasteiger partial charge is 0.173 e. The third kappa shape index (κ3) is 11.2. The van der Waals surface area contributed by atoms with Gasteiger partial charge in [0.15, 0.2) is 16.6 Å². The van der Waals surface area contributed by atoms with E-state index in [-0.39, 0.29) is 12.5 Å². The summed E-state index contributed by atoms with van der Waals surface area (Å²) in [5.74, 6) is 0.249. The highest BCUT2D eigenvalue weighted by Gasteiger charge is 2.28. The zero-order valence-corrected chi connectivity index (χ0v) is 14.4. The fraction of sp³-hybridized carbons (Fsp3) is 1.00. The van der Waals surface area contributed by atoms with Crippen LogP contribution in [0.1, 0.15) is 13.3 Å². The molecular formula is C12H30O3Si2. The average molecular weight is 279 g/mol. The van der Waals surface area contributed by atoms with Gasteiger partial charge < -0.3 is 14.0 Å². The maximum atomic E-state index is 8.86. The van der Waals surface area contributed by atoms with E-state index < -0.39 is 16.6 Å². The lowest BCUT2D eigenvalue weighted by atomic mass is 10.2. The average Bonchev–Trinajstić information content (AvgIpc) is 2.12. The quantitative estimate of drug-likeness (QED) is 0.520. The summed E-state index contributed by atoms with van der Waals surface area (Å²) in [6.07, 6.45) is 1.07. The lowest BCUT2D eigenvalue weighted by Crippen LogP contribution is -2.42. The molecule has 0 spiro atoms. The van der Waals surface area contributed by atoms with Crippen LogP contribution in [0, 0.1) is 5.92 Å². The molecule has 0 saturated heterocycles. The van der Waals surface area contributed by atoms with Crippen LogP contribution in [0.5, 0.6) is 0 Å². The van der Waals surface area contributed by atoms with E-state index in [9.17, 15) is 0 Å². The summed E-state index contributed by atoms with van der Waals surface area (Å²) in [5, 5.41) is 8.86. The second-order valence-corrected chi connectivity index (χ2v) is 15.5. The van der Waals surface area contributed by atoms with Crippen molar-refractivity contribution in [3.63, 3.8) is 0 Å². The minimum atomic E-state index is -1.49. The molecule has 0 heterocycles. The SMILES string of the molecule is CC(CO)COCCC[Si](C)(C)O[Si](C)(C)C. The van der Waals surface area contributed by atoms with Gasteiger partial charge in [0.05, 0.1) is 6.61 Å². The molecule has 0 bridgehead atoms. The van der Waals surface area contributed by atoms with Crippen LogP contribution in [0.4, 0.5) is 0 Å². The molecule has 0 aromatic rings. The molecule has 1 N–H and O–H groups in total. The first-order chi connectivity index (χ1) is 7.66. The first-order valence-corrected chi connectivity index (χ1v) is 13.1. The zero-order valence-electron chi connectivity index (χ0n) is 12.4. The van der Waals surface area contributed by atoms with Crippen molar-refractivity contribution in [1.82, 2.24) is 0 Å². The normalized spacial score (nSPS) is 15.0. The Morgan fingerprint density at radius 3 is 2.18 bits per heavy atom. The fourth-order valence-corrected chi connectivity index (χ4v) is 9.85. The summed E-state index contributed by atoms with van der Waals surface area (Å²) in [6.45, 7) is 15.0. The Hall–Kier alpha value is 0.314. The second kappa shape index (κ2) is 7.68. The highest BCUT2D eigenvalue weighted by molar-refractivity contribution is 6.84. The van der Waals surface area contributed by atoms with Crippen molar-refractivity contribution >= 4 is 16.6 Å². The van der Waals surface area contributed by atoms with Gasteiger partial charge in [-0.15, -0.1) is 0 Å². The van der Waals surface area contributed by atoms with Crippen LogP contribution in [-0.2, 0) is 8.85 Å². The van der Waals surface area contributed by atoms with Crippen LogP contribution < -0.4 is 0 Å². The summed E-state index contributed by atoms with van der Waals surface area (Å²) < 4.78 is 11.8. The monoisotopic (exact) mass is 278 g/mol. The molecule has 1 unspecified atom stereocenters. The van der Waals surface area contributed by atoms with E-state index in [1.165, 1.54) is 0 Å². The van der Waals surface area contributed by atoms with E-state index in [1.54, 1.807) is 0 Å². The summed E-state index contributed by atoms with van der Waals surface area (Å²) in [5.41, 5.74) is 0. The first-order valence-electron chi connectivity index (χ1n) is 6.55. The van der Waals surface area contributed by atoms with Gasteiger partial charge in [-0.1, -0.05) is 6.92 Å². The number of aliphatic hydroxyl groups excluding tert-OH is 1. The van der Waals surface area contributed by atoms with Crippen molar-refractivity contribution in [1.29, 1.82) is 0 Å². The van der Waals surface area contributed by atoms with Gasteiger partial charge in [-0.2, -0.15) is 0 Å². The zero-order chi connectivity index (χ0) is 13.5. The molecule has 104 valence electrons. The molecule has 0 radical (unpaired) electrons. The Morgan fingerprint density at radius 2 is 1.71 bits per heavy atom. The van der Waals surface area contributed by atoms with Gasteiger partial charge in [-0.25, -0.2) is 0 Å². The van der Waals surface area contributed by atoms with Crippen LogP contribution in [0.2, 0.25) is 38.8 Å². The second-order valence-electron chi connectivity index (χ2n) is 6.44. The van der Waals surface area contributed by atoms with Crippen molar-refractivity contribution in [2.24, 2.45) is 5.92 Å². The van der Waals surface area contributed by atoms with Crippen molar-refractivity contribution in [3.05, 3.63) is 0 Å². The van der Waals surface area contributed by atoms with Crippen molar-refractivity contribution < 1.29 is 14.0 Å². The van der Waals surface area contributed by atoms with E-state index >= 15 is 0 Å². The Morgan fingerprint density at radius 1 is 1.12 bits per heavy atom. The Bertz CT molecular complexity index is 202. The maximum absolute atomic E-state index is 8.86. The third-order valence-electron chi connectivity index (χ3n) is 2.36. The topological polar surface area (TPSA) is 38.7 Å². The summed E-state index contributed by atoms with van der Waals surface area (Å²) in [4.78, 5) is 0. The summed E-state index contributed by atoms with van der Waals surface area (Å²) in [6, 6.07) is 1.16. The maximum Gasteiger partial charge on any atom is 0.173 e. The van der Waals surface area contributed by atoms with Crippen molar-refractivity contribution in [2.75, 3.05) is 19.8 Å². The van der Waals surface area contributed by atoms with Crippen molar-refractivity contribution in [3.8, 4) is 0 Å². The predicted molar refractivity (Wildman–Crippen MR) is 78.4 cm³/mol. The van der Waals surface area contributed by atoms with E-state index in [4.69, 9.17) is 14.0 Å². The molecule has 0 aliphatic carbocycles. The highest BCUT2D eigenvalue weighted by atomic mass is 28.4. The lowest BCUT2D eigenvalue weighted by Gasteiger charge is -2.31. The van der Waals surface area contributed by atoms with Crippen molar-refractivity contribution in [2.45, 2.75) is 52.1 Å². The number of rotatable bonds is 9.